The molecule has 1 amide bonds. The van der Waals surface area contributed by atoms with E-state index in [1.807, 2.05) is 19.9 Å². The lowest BCUT2D eigenvalue weighted by Crippen LogP contribution is -2.30. The zero-order chi connectivity index (χ0) is 19.3. The number of amides is 1. The molecule has 0 radical (unpaired) electrons. The Morgan fingerprint density at radius 2 is 1.88 bits per heavy atom. The Bertz CT molecular complexity index is 870. The second-order valence-corrected chi connectivity index (χ2v) is 8.00. The van der Waals surface area contributed by atoms with Gasteiger partial charge < -0.3 is 5.32 Å². The molecule has 2 rings (SSSR count). The third kappa shape index (κ3) is 4.70. The van der Waals surface area contributed by atoms with Crippen molar-refractivity contribution >= 4 is 21.6 Å². The minimum atomic E-state index is -3.55. The largest absolute Gasteiger partial charge is 0.326 e. The molecule has 26 heavy (non-hydrogen) atoms. The fourth-order valence-electron chi connectivity index (χ4n) is 2.78. The van der Waals surface area contributed by atoms with E-state index in [0.29, 0.717) is 25.3 Å². The van der Waals surface area contributed by atoms with Crippen LogP contribution in [0.5, 0.6) is 0 Å². The first kappa shape index (κ1) is 20.1. The second kappa shape index (κ2) is 8.46. The zero-order valence-electron chi connectivity index (χ0n) is 15.7. The van der Waals surface area contributed by atoms with E-state index >= 15 is 0 Å². The van der Waals surface area contributed by atoms with Crippen molar-refractivity contribution in [1.82, 2.24) is 14.1 Å². The van der Waals surface area contributed by atoms with Crippen molar-refractivity contribution in [2.45, 2.75) is 45.6 Å². The third-order valence-corrected chi connectivity index (χ3v) is 6.16. The van der Waals surface area contributed by atoms with Crippen molar-refractivity contribution in [1.29, 1.82) is 0 Å². The van der Waals surface area contributed by atoms with Crippen LogP contribution in [0, 0.1) is 13.8 Å². The van der Waals surface area contributed by atoms with Gasteiger partial charge in [-0.05, 0) is 38.1 Å². The predicted octanol–water partition coefficient (Wildman–Crippen LogP) is 2.56. The SMILES string of the molecule is CCN(CC)S(=O)(=O)c1cccc(NC(=O)CCn2nc(C)cc2C)c1. The molecule has 142 valence electrons. The Balaban J connectivity index is 2.06. The molecule has 0 fully saturated rings. The van der Waals surface area contributed by atoms with Crippen molar-refractivity contribution in [3.8, 4) is 0 Å². The second-order valence-electron chi connectivity index (χ2n) is 6.07. The topological polar surface area (TPSA) is 84.3 Å². The number of carbonyl (C=O) groups excluding carboxylic acids is 1. The monoisotopic (exact) mass is 378 g/mol. The number of sulfonamides is 1. The van der Waals surface area contributed by atoms with Crippen LogP contribution in [0.2, 0.25) is 0 Å². The number of anilines is 1. The number of carbonyl (C=O) groups is 1. The summed E-state index contributed by atoms with van der Waals surface area (Å²) < 4.78 is 28.3. The van der Waals surface area contributed by atoms with Gasteiger partial charge in [0.25, 0.3) is 0 Å². The molecule has 1 N–H and O–H groups in total. The zero-order valence-corrected chi connectivity index (χ0v) is 16.5. The highest BCUT2D eigenvalue weighted by Crippen LogP contribution is 2.19. The number of aromatic nitrogens is 2. The number of hydrogen-bond acceptors (Lipinski definition) is 4. The van der Waals surface area contributed by atoms with E-state index in [4.69, 9.17) is 0 Å². The fourth-order valence-corrected chi connectivity index (χ4v) is 4.28. The van der Waals surface area contributed by atoms with Gasteiger partial charge >= 0.3 is 0 Å². The van der Waals surface area contributed by atoms with Gasteiger partial charge in [-0.3, -0.25) is 9.48 Å². The van der Waals surface area contributed by atoms with E-state index in [1.54, 1.807) is 36.7 Å². The molecule has 1 heterocycles. The first-order valence-electron chi connectivity index (χ1n) is 8.69. The molecule has 0 spiro atoms. The van der Waals surface area contributed by atoms with E-state index in [2.05, 4.69) is 10.4 Å². The first-order chi connectivity index (χ1) is 12.3. The molecule has 0 unspecified atom stereocenters. The number of nitrogens with one attached hydrogen (secondary N) is 1. The molecule has 0 bridgehead atoms. The van der Waals surface area contributed by atoms with Crippen molar-refractivity contribution in [2.24, 2.45) is 0 Å². The Hall–Kier alpha value is -2.19. The van der Waals surface area contributed by atoms with Gasteiger partial charge in [0.05, 0.1) is 10.6 Å². The summed E-state index contributed by atoms with van der Waals surface area (Å²) in [6, 6.07) is 8.31. The van der Waals surface area contributed by atoms with Crippen molar-refractivity contribution in [3.63, 3.8) is 0 Å². The molecule has 2 aromatic rings. The average molecular weight is 378 g/mol. The molecule has 8 heteroatoms. The van der Waals surface area contributed by atoms with Crippen molar-refractivity contribution in [3.05, 3.63) is 41.7 Å². The van der Waals surface area contributed by atoms with Crippen LogP contribution in [0.25, 0.3) is 0 Å². The third-order valence-electron chi connectivity index (χ3n) is 4.12. The molecule has 0 atom stereocenters. The van der Waals surface area contributed by atoms with Gasteiger partial charge in [0.15, 0.2) is 0 Å². The van der Waals surface area contributed by atoms with E-state index in [0.717, 1.165) is 11.4 Å². The standard InChI is InChI=1S/C18H26N4O3S/c1-5-21(6-2)26(24,25)17-9-7-8-16(13-17)19-18(23)10-11-22-15(4)12-14(3)20-22/h7-9,12-13H,5-6,10-11H2,1-4H3,(H,19,23). The predicted molar refractivity (Wildman–Crippen MR) is 101 cm³/mol. The first-order valence-corrected chi connectivity index (χ1v) is 10.1. The summed E-state index contributed by atoms with van der Waals surface area (Å²) >= 11 is 0. The average Bonchev–Trinajstić information content (AvgIpc) is 2.91. The summed E-state index contributed by atoms with van der Waals surface area (Å²) in [5.74, 6) is -0.185. The van der Waals surface area contributed by atoms with Gasteiger partial charge in [0.1, 0.15) is 0 Å². The maximum absolute atomic E-state index is 12.6. The lowest BCUT2D eigenvalue weighted by Gasteiger charge is -2.18. The van der Waals surface area contributed by atoms with E-state index in [1.165, 1.54) is 10.4 Å². The van der Waals surface area contributed by atoms with E-state index in [-0.39, 0.29) is 17.2 Å². The molecule has 0 saturated carbocycles. The normalized spacial score (nSPS) is 11.7. The molecule has 7 nitrogen and oxygen atoms in total. The van der Waals surface area contributed by atoms with Gasteiger partial charge in [0.2, 0.25) is 15.9 Å². The molecule has 0 aliphatic carbocycles. The van der Waals surface area contributed by atoms with Crippen molar-refractivity contribution in [2.75, 3.05) is 18.4 Å². The molecule has 0 saturated heterocycles. The van der Waals surface area contributed by atoms with Crippen LogP contribution in [0.3, 0.4) is 0 Å². The van der Waals surface area contributed by atoms with Crippen LogP contribution in [-0.2, 0) is 21.4 Å². The quantitative estimate of drug-likeness (QED) is 0.765. The summed E-state index contributed by atoms with van der Waals surface area (Å²) in [5, 5.41) is 7.09. The lowest BCUT2D eigenvalue weighted by atomic mass is 10.3. The molecule has 0 aliphatic heterocycles. The summed E-state index contributed by atoms with van der Waals surface area (Å²) in [7, 11) is -3.55. The van der Waals surface area contributed by atoms with Crippen LogP contribution in [0.4, 0.5) is 5.69 Å². The summed E-state index contributed by atoms with van der Waals surface area (Å²) in [6.07, 6.45) is 0.259. The Morgan fingerprint density at radius 1 is 1.19 bits per heavy atom. The Morgan fingerprint density at radius 3 is 2.46 bits per heavy atom. The lowest BCUT2D eigenvalue weighted by molar-refractivity contribution is -0.116. The number of benzene rings is 1. The Labute approximate surface area is 155 Å². The number of aryl methyl sites for hydroxylation is 3. The fraction of sp³-hybridized carbons (Fsp3) is 0.444. The summed E-state index contributed by atoms with van der Waals surface area (Å²) in [5.41, 5.74) is 2.39. The molecular formula is C18H26N4O3S. The number of nitrogens with zero attached hydrogens (tertiary/aromatic N) is 3. The highest BCUT2D eigenvalue weighted by Gasteiger charge is 2.21. The minimum absolute atomic E-state index is 0.178. The van der Waals surface area contributed by atoms with Gasteiger partial charge in [-0.1, -0.05) is 19.9 Å². The molecular weight excluding hydrogens is 352 g/mol. The summed E-state index contributed by atoms with van der Waals surface area (Å²) in [4.78, 5) is 12.4. The highest BCUT2D eigenvalue weighted by molar-refractivity contribution is 7.89. The van der Waals surface area contributed by atoms with Gasteiger partial charge in [-0.25, -0.2) is 8.42 Å². The van der Waals surface area contributed by atoms with E-state index < -0.39 is 10.0 Å². The van der Waals surface area contributed by atoms with E-state index in [9.17, 15) is 13.2 Å². The minimum Gasteiger partial charge on any atom is -0.326 e. The smallest absolute Gasteiger partial charge is 0.243 e. The summed E-state index contributed by atoms with van der Waals surface area (Å²) in [6.45, 7) is 8.72. The molecule has 1 aromatic carbocycles. The van der Waals surface area contributed by atoms with Crippen LogP contribution in [-0.4, -0.2) is 41.5 Å². The number of rotatable bonds is 8. The van der Waals surface area contributed by atoms with Crippen LogP contribution in [0.1, 0.15) is 31.7 Å². The maximum atomic E-state index is 12.6. The van der Waals surface area contributed by atoms with Gasteiger partial charge in [0, 0.05) is 37.4 Å². The number of hydrogen-bond donors (Lipinski definition) is 1. The van der Waals surface area contributed by atoms with Crippen LogP contribution in [0.15, 0.2) is 35.2 Å². The van der Waals surface area contributed by atoms with Gasteiger partial charge in [-0.2, -0.15) is 9.40 Å². The Kier molecular flexibility index (Phi) is 6.55. The van der Waals surface area contributed by atoms with Crippen LogP contribution < -0.4 is 5.32 Å². The van der Waals surface area contributed by atoms with Crippen LogP contribution >= 0.6 is 0 Å². The molecule has 0 aliphatic rings. The van der Waals surface area contributed by atoms with Gasteiger partial charge in [-0.15, -0.1) is 0 Å². The maximum Gasteiger partial charge on any atom is 0.243 e. The molecule has 1 aromatic heterocycles. The van der Waals surface area contributed by atoms with Crippen molar-refractivity contribution < 1.29 is 13.2 Å². The highest BCUT2D eigenvalue weighted by atomic mass is 32.2.